The van der Waals surface area contributed by atoms with Crippen molar-refractivity contribution in [2.24, 2.45) is 11.8 Å². The van der Waals surface area contributed by atoms with Gasteiger partial charge in [-0.25, -0.2) is 0 Å². The van der Waals surface area contributed by atoms with Gasteiger partial charge in [-0.1, -0.05) is 37.0 Å². The van der Waals surface area contributed by atoms with E-state index in [-0.39, 0.29) is 36.7 Å². The van der Waals surface area contributed by atoms with Gasteiger partial charge < -0.3 is 15.5 Å². The highest BCUT2D eigenvalue weighted by Gasteiger charge is 2.32. The molecular weight excluding hydrogens is 385 g/mol. The molecule has 2 amide bonds. The Labute approximate surface area is 164 Å². The summed E-state index contributed by atoms with van der Waals surface area (Å²) < 4.78 is 0. The number of carbonyl (C=O) groups is 2. The van der Waals surface area contributed by atoms with E-state index < -0.39 is 0 Å². The van der Waals surface area contributed by atoms with Gasteiger partial charge >= 0.3 is 0 Å². The molecule has 2 rings (SSSR count). The van der Waals surface area contributed by atoms with E-state index in [4.69, 9.17) is 23.2 Å². The molecule has 1 atom stereocenters. The zero-order valence-corrected chi connectivity index (χ0v) is 16.7. The second-order valence-corrected chi connectivity index (χ2v) is 6.98. The lowest BCUT2D eigenvalue weighted by Gasteiger charge is -2.34. The standard InChI is InChI=1S/C17H23Cl2N3O2.ClH/c1-3-6-22(17(24)11(2)12-8-20-9-12)10-16(23)21-15-7-13(18)4-5-14(15)19;/h4-5,7,11-12,20H,3,6,8-10H2,1-2H3,(H,21,23);1H. The lowest BCUT2D eigenvalue weighted by Crippen LogP contribution is -2.51. The number of amides is 2. The summed E-state index contributed by atoms with van der Waals surface area (Å²) >= 11 is 12.0. The van der Waals surface area contributed by atoms with Crippen LogP contribution in [0.2, 0.25) is 10.0 Å². The van der Waals surface area contributed by atoms with Crippen molar-refractivity contribution in [1.82, 2.24) is 10.2 Å². The predicted octanol–water partition coefficient (Wildman–Crippen LogP) is 3.45. The van der Waals surface area contributed by atoms with Crippen LogP contribution in [0.4, 0.5) is 5.69 Å². The molecule has 1 fully saturated rings. The Morgan fingerprint density at radius 1 is 1.36 bits per heavy atom. The third-order valence-electron chi connectivity index (χ3n) is 4.25. The summed E-state index contributed by atoms with van der Waals surface area (Å²) in [6.07, 6.45) is 0.798. The van der Waals surface area contributed by atoms with Gasteiger partial charge in [-0.05, 0) is 43.6 Å². The molecule has 8 heteroatoms. The first-order chi connectivity index (χ1) is 11.4. The molecule has 0 aliphatic carbocycles. The Balaban J connectivity index is 0.00000312. The van der Waals surface area contributed by atoms with Crippen LogP contribution in [0, 0.1) is 11.8 Å². The smallest absolute Gasteiger partial charge is 0.244 e. The van der Waals surface area contributed by atoms with Gasteiger partial charge in [0.25, 0.3) is 0 Å². The number of nitrogens with zero attached hydrogens (tertiary/aromatic N) is 1. The van der Waals surface area contributed by atoms with Gasteiger partial charge in [-0.3, -0.25) is 9.59 Å². The number of hydrogen-bond donors (Lipinski definition) is 2. The first-order valence-corrected chi connectivity index (χ1v) is 8.92. The lowest BCUT2D eigenvalue weighted by molar-refractivity contribution is -0.140. The summed E-state index contributed by atoms with van der Waals surface area (Å²) in [5.41, 5.74) is 0.453. The Morgan fingerprint density at radius 3 is 2.60 bits per heavy atom. The average Bonchev–Trinajstić information content (AvgIpc) is 2.48. The fourth-order valence-corrected chi connectivity index (χ4v) is 2.98. The second-order valence-electron chi connectivity index (χ2n) is 6.14. The highest BCUT2D eigenvalue weighted by atomic mass is 35.5. The maximum absolute atomic E-state index is 12.6. The monoisotopic (exact) mass is 407 g/mol. The number of anilines is 1. The van der Waals surface area contributed by atoms with Crippen LogP contribution in [0.5, 0.6) is 0 Å². The minimum Gasteiger partial charge on any atom is -0.333 e. The van der Waals surface area contributed by atoms with Gasteiger partial charge in [0.2, 0.25) is 11.8 Å². The molecular formula is C17H24Cl3N3O2. The molecule has 1 unspecified atom stereocenters. The van der Waals surface area contributed by atoms with Crippen molar-refractivity contribution >= 4 is 53.1 Å². The zero-order chi connectivity index (χ0) is 17.7. The van der Waals surface area contributed by atoms with E-state index in [9.17, 15) is 9.59 Å². The first-order valence-electron chi connectivity index (χ1n) is 8.16. The van der Waals surface area contributed by atoms with Gasteiger partial charge in [-0.15, -0.1) is 12.4 Å². The van der Waals surface area contributed by atoms with Gasteiger partial charge in [0.1, 0.15) is 0 Å². The minimum absolute atomic E-state index is 0. The number of hydrogen-bond acceptors (Lipinski definition) is 3. The van der Waals surface area contributed by atoms with E-state index >= 15 is 0 Å². The van der Waals surface area contributed by atoms with E-state index in [1.807, 2.05) is 13.8 Å². The summed E-state index contributed by atoms with van der Waals surface area (Å²) in [6.45, 7) is 6.21. The fourth-order valence-electron chi connectivity index (χ4n) is 2.65. The molecule has 0 radical (unpaired) electrons. The molecule has 1 aliphatic heterocycles. The van der Waals surface area contributed by atoms with Gasteiger partial charge in [0, 0.05) is 17.5 Å². The summed E-state index contributed by atoms with van der Waals surface area (Å²) in [6, 6.07) is 4.87. The van der Waals surface area contributed by atoms with E-state index in [1.54, 1.807) is 23.1 Å². The molecule has 2 N–H and O–H groups in total. The number of nitrogens with one attached hydrogen (secondary N) is 2. The van der Waals surface area contributed by atoms with Crippen LogP contribution in [0.1, 0.15) is 20.3 Å². The largest absolute Gasteiger partial charge is 0.333 e. The van der Waals surface area contributed by atoms with E-state index in [0.29, 0.717) is 28.2 Å². The number of halogens is 3. The maximum Gasteiger partial charge on any atom is 0.244 e. The van der Waals surface area contributed by atoms with Crippen molar-refractivity contribution in [3.8, 4) is 0 Å². The number of rotatable bonds is 7. The highest BCUT2D eigenvalue weighted by molar-refractivity contribution is 6.35. The van der Waals surface area contributed by atoms with Gasteiger partial charge in [0.05, 0.1) is 17.3 Å². The summed E-state index contributed by atoms with van der Waals surface area (Å²) in [5.74, 6) is 0.0123. The van der Waals surface area contributed by atoms with Crippen molar-refractivity contribution in [2.75, 3.05) is 31.5 Å². The van der Waals surface area contributed by atoms with Crippen LogP contribution < -0.4 is 10.6 Å². The van der Waals surface area contributed by atoms with E-state index in [2.05, 4.69) is 10.6 Å². The first kappa shape index (κ1) is 22.0. The molecule has 0 aromatic heterocycles. The third kappa shape index (κ3) is 6.03. The van der Waals surface area contributed by atoms with Crippen molar-refractivity contribution in [2.45, 2.75) is 20.3 Å². The Morgan fingerprint density at radius 2 is 2.04 bits per heavy atom. The third-order valence-corrected chi connectivity index (χ3v) is 4.82. The van der Waals surface area contributed by atoms with Crippen LogP contribution in [-0.2, 0) is 9.59 Å². The normalized spacial score (nSPS) is 14.9. The molecule has 0 spiro atoms. The predicted molar refractivity (Wildman–Crippen MR) is 105 cm³/mol. The van der Waals surface area contributed by atoms with E-state index in [1.165, 1.54) is 0 Å². The van der Waals surface area contributed by atoms with Crippen LogP contribution in [0.25, 0.3) is 0 Å². The van der Waals surface area contributed by atoms with Crippen molar-refractivity contribution in [3.05, 3.63) is 28.2 Å². The number of carbonyl (C=O) groups excluding carboxylic acids is 2. The Kier molecular flexibility index (Phi) is 9.00. The summed E-state index contributed by atoms with van der Waals surface area (Å²) in [7, 11) is 0. The van der Waals surface area contributed by atoms with Crippen molar-refractivity contribution < 1.29 is 9.59 Å². The fraction of sp³-hybridized carbons (Fsp3) is 0.529. The lowest BCUT2D eigenvalue weighted by atomic mass is 9.88. The second kappa shape index (κ2) is 10.2. The Hall–Kier alpha value is -1.01. The SMILES string of the molecule is CCCN(CC(=O)Nc1cc(Cl)ccc1Cl)C(=O)C(C)C1CNC1.Cl. The average molecular weight is 409 g/mol. The highest BCUT2D eigenvalue weighted by Crippen LogP contribution is 2.25. The van der Waals surface area contributed by atoms with Gasteiger partial charge in [-0.2, -0.15) is 0 Å². The maximum atomic E-state index is 12.6. The molecule has 140 valence electrons. The van der Waals surface area contributed by atoms with E-state index in [0.717, 1.165) is 19.5 Å². The molecule has 0 saturated carbocycles. The molecule has 1 heterocycles. The molecule has 1 aromatic carbocycles. The van der Waals surface area contributed by atoms with Crippen LogP contribution in [0.15, 0.2) is 18.2 Å². The molecule has 0 bridgehead atoms. The van der Waals surface area contributed by atoms with Crippen LogP contribution in [-0.4, -0.2) is 42.9 Å². The molecule has 25 heavy (non-hydrogen) atoms. The topological polar surface area (TPSA) is 61.4 Å². The summed E-state index contributed by atoms with van der Waals surface area (Å²) in [5, 5.41) is 6.81. The van der Waals surface area contributed by atoms with Crippen LogP contribution in [0.3, 0.4) is 0 Å². The van der Waals surface area contributed by atoms with Crippen LogP contribution >= 0.6 is 35.6 Å². The number of benzene rings is 1. The zero-order valence-electron chi connectivity index (χ0n) is 14.4. The minimum atomic E-state index is -0.278. The Bertz CT molecular complexity index is 609. The molecule has 1 saturated heterocycles. The molecule has 5 nitrogen and oxygen atoms in total. The quantitative estimate of drug-likeness (QED) is 0.726. The van der Waals surface area contributed by atoms with Crippen molar-refractivity contribution in [3.63, 3.8) is 0 Å². The molecule has 1 aromatic rings. The van der Waals surface area contributed by atoms with Gasteiger partial charge in [0.15, 0.2) is 0 Å². The van der Waals surface area contributed by atoms with Crippen molar-refractivity contribution in [1.29, 1.82) is 0 Å². The molecule has 1 aliphatic rings. The summed E-state index contributed by atoms with van der Waals surface area (Å²) in [4.78, 5) is 26.6.